The number of aryl methyl sites for hydroxylation is 1. The van der Waals surface area contributed by atoms with Crippen LogP contribution >= 0.6 is 11.3 Å². The zero-order valence-electron chi connectivity index (χ0n) is 11.6. The third kappa shape index (κ3) is 2.44. The Bertz CT molecular complexity index is 715. The normalized spacial score (nSPS) is 12.7. The second-order valence-electron chi connectivity index (χ2n) is 4.70. The highest BCUT2D eigenvalue weighted by Crippen LogP contribution is 2.28. The van der Waals surface area contributed by atoms with Gasteiger partial charge in [-0.15, -0.1) is 11.3 Å². The number of benzene rings is 1. The summed E-state index contributed by atoms with van der Waals surface area (Å²) in [5.74, 6) is 0. The van der Waals surface area contributed by atoms with E-state index in [0.717, 1.165) is 22.8 Å². The summed E-state index contributed by atoms with van der Waals surface area (Å²) in [4.78, 5) is 9.19. The topological polar surface area (TPSA) is 37.8 Å². The van der Waals surface area contributed by atoms with E-state index in [4.69, 9.17) is 0 Å². The van der Waals surface area contributed by atoms with Crippen molar-refractivity contribution in [3.05, 3.63) is 58.2 Å². The van der Waals surface area contributed by atoms with Crippen LogP contribution < -0.4 is 5.32 Å². The van der Waals surface area contributed by atoms with Crippen molar-refractivity contribution in [2.75, 3.05) is 6.54 Å². The third-order valence-corrected chi connectivity index (χ3v) is 4.11. The number of thiazole rings is 1. The van der Waals surface area contributed by atoms with Gasteiger partial charge in [-0.25, -0.2) is 4.98 Å². The average molecular weight is 283 g/mol. The van der Waals surface area contributed by atoms with Crippen molar-refractivity contribution in [3.63, 3.8) is 0 Å². The predicted octanol–water partition coefficient (Wildman–Crippen LogP) is 3.70. The van der Waals surface area contributed by atoms with E-state index in [2.05, 4.69) is 51.9 Å². The lowest BCUT2D eigenvalue weighted by molar-refractivity contribution is 0.620. The lowest BCUT2D eigenvalue weighted by Gasteiger charge is -2.17. The minimum atomic E-state index is 0.101. The summed E-state index contributed by atoms with van der Waals surface area (Å²) >= 11 is 1.69. The first-order valence-corrected chi connectivity index (χ1v) is 7.66. The SMILES string of the molecule is CCNC(c1csc(C)n1)c1cccc2cccnc12. The van der Waals surface area contributed by atoms with Crippen LogP contribution in [0.4, 0.5) is 0 Å². The van der Waals surface area contributed by atoms with Crippen LogP contribution in [0, 0.1) is 6.92 Å². The third-order valence-electron chi connectivity index (χ3n) is 3.32. The molecule has 3 rings (SSSR count). The van der Waals surface area contributed by atoms with E-state index in [1.165, 1.54) is 10.9 Å². The Morgan fingerprint density at radius 3 is 2.85 bits per heavy atom. The molecule has 0 aliphatic heterocycles. The van der Waals surface area contributed by atoms with E-state index in [1.54, 1.807) is 11.3 Å². The number of fused-ring (bicyclic) bond motifs is 1. The first kappa shape index (κ1) is 13.2. The van der Waals surface area contributed by atoms with Crippen LogP contribution in [0.5, 0.6) is 0 Å². The van der Waals surface area contributed by atoms with Crippen LogP contribution in [0.15, 0.2) is 41.9 Å². The number of aromatic nitrogens is 2. The first-order valence-electron chi connectivity index (χ1n) is 6.78. The van der Waals surface area contributed by atoms with Crippen molar-refractivity contribution in [2.45, 2.75) is 19.9 Å². The molecular weight excluding hydrogens is 266 g/mol. The van der Waals surface area contributed by atoms with Gasteiger partial charge in [0.25, 0.3) is 0 Å². The van der Waals surface area contributed by atoms with Crippen molar-refractivity contribution in [1.82, 2.24) is 15.3 Å². The molecule has 0 radical (unpaired) electrons. The highest BCUT2D eigenvalue weighted by molar-refractivity contribution is 7.09. The molecule has 4 heteroatoms. The Labute approximate surface area is 122 Å². The Kier molecular flexibility index (Phi) is 3.76. The van der Waals surface area contributed by atoms with Crippen molar-refractivity contribution >= 4 is 22.2 Å². The van der Waals surface area contributed by atoms with E-state index in [-0.39, 0.29) is 6.04 Å². The van der Waals surface area contributed by atoms with Gasteiger partial charge in [-0.1, -0.05) is 31.2 Å². The van der Waals surface area contributed by atoms with E-state index in [1.807, 2.05) is 19.2 Å². The number of hydrogen-bond acceptors (Lipinski definition) is 4. The fourth-order valence-corrected chi connectivity index (χ4v) is 3.09. The van der Waals surface area contributed by atoms with E-state index >= 15 is 0 Å². The van der Waals surface area contributed by atoms with Gasteiger partial charge in [0.15, 0.2) is 0 Å². The largest absolute Gasteiger partial charge is 0.305 e. The number of nitrogens with zero attached hydrogens (tertiary/aromatic N) is 2. The van der Waals surface area contributed by atoms with Gasteiger partial charge in [-0.2, -0.15) is 0 Å². The molecule has 0 saturated heterocycles. The number of nitrogens with one attached hydrogen (secondary N) is 1. The summed E-state index contributed by atoms with van der Waals surface area (Å²) in [5, 5.41) is 7.91. The minimum Gasteiger partial charge on any atom is -0.305 e. The van der Waals surface area contributed by atoms with Crippen LogP contribution in [0.2, 0.25) is 0 Å². The molecule has 2 heterocycles. The molecule has 1 aromatic carbocycles. The molecule has 1 N–H and O–H groups in total. The molecule has 0 bridgehead atoms. The molecule has 102 valence electrons. The molecule has 20 heavy (non-hydrogen) atoms. The van der Waals surface area contributed by atoms with Crippen LogP contribution in [-0.2, 0) is 0 Å². The summed E-state index contributed by atoms with van der Waals surface area (Å²) in [6.07, 6.45) is 1.85. The van der Waals surface area contributed by atoms with Crippen LogP contribution in [0.3, 0.4) is 0 Å². The lowest BCUT2D eigenvalue weighted by Crippen LogP contribution is -2.22. The molecule has 1 atom stereocenters. The summed E-state index contributed by atoms with van der Waals surface area (Å²) < 4.78 is 0. The average Bonchev–Trinajstić information content (AvgIpc) is 2.91. The predicted molar refractivity (Wildman–Crippen MR) is 84.1 cm³/mol. The zero-order valence-corrected chi connectivity index (χ0v) is 12.4. The molecule has 0 fully saturated rings. The monoisotopic (exact) mass is 283 g/mol. The van der Waals surface area contributed by atoms with E-state index in [0.29, 0.717) is 0 Å². The zero-order chi connectivity index (χ0) is 13.9. The Balaban J connectivity index is 2.14. The van der Waals surface area contributed by atoms with Gasteiger partial charge in [0.05, 0.1) is 22.3 Å². The summed E-state index contributed by atoms with van der Waals surface area (Å²) in [6.45, 7) is 5.05. The highest BCUT2D eigenvalue weighted by Gasteiger charge is 2.18. The standard InChI is InChI=1S/C16H17N3S/c1-3-17-16(14-10-20-11(2)19-14)13-8-4-6-12-7-5-9-18-15(12)13/h4-10,16-17H,3H2,1-2H3. The molecule has 3 aromatic rings. The Morgan fingerprint density at radius 2 is 2.10 bits per heavy atom. The maximum absolute atomic E-state index is 4.64. The highest BCUT2D eigenvalue weighted by atomic mass is 32.1. The van der Waals surface area contributed by atoms with Crippen molar-refractivity contribution in [2.24, 2.45) is 0 Å². The molecule has 0 saturated carbocycles. The van der Waals surface area contributed by atoms with Crippen molar-refractivity contribution < 1.29 is 0 Å². The quantitative estimate of drug-likeness (QED) is 0.793. The molecule has 0 amide bonds. The second kappa shape index (κ2) is 5.69. The Morgan fingerprint density at radius 1 is 1.25 bits per heavy atom. The Hall–Kier alpha value is -1.78. The molecule has 0 aliphatic carbocycles. The summed E-state index contributed by atoms with van der Waals surface area (Å²) in [5.41, 5.74) is 3.31. The van der Waals surface area contributed by atoms with Crippen LogP contribution in [0.25, 0.3) is 10.9 Å². The van der Waals surface area contributed by atoms with Gasteiger partial charge in [-0.3, -0.25) is 4.98 Å². The van der Waals surface area contributed by atoms with Crippen molar-refractivity contribution in [1.29, 1.82) is 0 Å². The molecule has 1 unspecified atom stereocenters. The smallest absolute Gasteiger partial charge is 0.0898 e. The molecule has 3 nitrogen and oxygen atoms in total. The first-order chi connectivity index (χ1) is 9.79. The fraction of sp³-hybridized carbons (Fsp3) is 0.250. The van der Waals surface area contributed by atoms with E-state index in [9.17, 15) is 0 Å². The van der Waals surface area contributed by atoms with Gasteiger partial charge >= 0.3 is 0 Å². The van der Waals surface area contributed by atoms with Gasteiger partial charge in [0.2, 0.25) is 0 Å². The minimum absolute atomic E-state index is 0.101. The van der Waals surface area contributed by atoms with E-state index < -0.39 is 0 Å². The van der Waals surface area contributed by atoms with Gasteiger partial charge < -0.3 is 5.32 Å². The van der Waals surface area contributed by atoms with Gasteiger partial charge in [0.1, 0.15) is 0 Å². The van der Waals surface area contributed by atoms with Crippen LogP contribution in [-0.4, -0.2) is 16.5 Å². The maximum Gasteiger partial charge on any atom is 0.0898 e. The molecule has 2 aromatic heterocycles. The number of rotatable bonds is 4. The summed E-state index contributed by atoms with van der Waals surface area (Å²) in [7, 11) is 0. The number of pyridine rings is 1. The number of hydrogen-bond donors (Lipinski definition) is 1. The second-order valence-corrected chi connectivity index (χ2v) is 5.77. The molecule has 0 aliphatic rings. The van der Waals surface area contributed by atoms with Gasteiger partial charge in [-0.05, 0) is 19.5 Å². The summed E-state index contributed by atoms with van der Waals surface area (Å²) in [6, 6.07) is 10.5. The van der Waals surface area contributed by atoms with Gasteiger partial charge in [0, 0.05) is 22.5 Å². The van der Waals surface area contributed by atoms with Crippen molar-refractivity contribution in [3.8, 4) is 0 Å². The van der Waals surface area contributed by atoms with Crippen LogP contribution in [0.1, 0.15) is 29.2 Å². The number of para-hydroxylation sites is 1. The fourth-order valence-electron chi connectivity index (χ4n) is 2.45. The molecule has 0 spiro atoms. The molecular formula is C16H17N3S. The maximum atomic E-state index is 4.64. The lowest BCUT2D eigenvalue weighted by atomic mass is 10.0.